The lowest BCUT2D eigenvalue weighted by molar-refractivity contribution is -0.912. The van der Waals surface area contributed by atoms with Crippen LogP contribution in [0.15, 0.2) is 96.0 Å². The number of aryl methyl sites for hydroxylation is 1. The number of likely N-dealkylation sites (N-methyl/N-ethyl adjacent to an activating group) is 1. The second-order valence-corrected chi connectivity index (χ2v) is 12.3. The molecule has 1 aliphatic heterocycles. The summed E-state index contributed by atoms with van der Waals surface area (Å²) in [6.45, 7) is 5.83. The largest absolute Gasteiger partial charge is 0.744 e. The number of carbonyl (C=O) groups excluding carboxylic acids is 1. The van der Waals surface area contributed by atoms with Crippen molar-refractivity contribution in [3.8, 4) is 22.8 Å². The second kappa shape index (κ2) is 14.4. The third-order valence-electron chi connectivity index (χ3n) is 7.36. The first kappa shape index (κ1) is 31.8. The highest BCUT2D eigenvalue weighted by molar-refractivity contribution is 7.85. The molecule has 0 radical (unpaired) electrons. The third kappa shape index (κ3) is 9.71. The van der Waals surface area contributed by atoms with Crippen molar-refractivity contribution in [2.45, 2.75) is 31.1 Å². The number of ether oxygens (including phenoxy) is 1. The molecular formula is C33H36FN3O5S. The number of rotatable bonds is 8. The van der Waals surface area contributed by atoms with E-state index in [-0.39, 0.29) is 16.6 Å². The summed E-state index contributed by atoms with van der Waals surface area (Å²) in [5.41, 5.74) is 3.14. The zero-order chi connectivity index (χ0) is 30.9. The smallest absolute Gasteiger partial charge is 0.251 e. The molecule has 1 saturated heterocycles. The number of nitrogens with zero attached hydrogens (tertiary/aromatic N) is 2. The Hall–Kier alpha value is -4.12. The molecule has 0 spiro atoms. The molecule has 0 atom stereocenters. The minimum absolute atomic E-state index is 0.0754. The molecule has 4 aromatic rings. The van der Waals surface area contributed by atoms with Crippen molar-refractivity contribution in [1.29, 1.82) is 0 Å². The number of pyridine rings is 1. The number of carbonyl (C=O) groups is 1. The lowest BCUT2D eigenvalue weighted by atomic mass is 10.1. The molecule has 43 heavy (non-hydrogen) atoms. The van der Waals surface area contributed by atoms with Crippen molar-refractivity contribution in [3.63, 3.8) is 0 Å². The molecule has 1 aliphatic rings. The molecule has 226 valence electrons. The molecular weight excluding hydrogens is 569 g/mol. The number of nitrogens with one attached hydrogen (secondary N) is 1. The van der Waals surface area contributed by atoms with Crippen molar-refractivity contribution >= 4 is 16.0 Å². The van der Waals surface area contributed by atoms with E-state index < -0.39 is 10.1 Å². The molecule has 1 fully saturated rings. The zero-order valence-corrected chi connectivity index (χ0v) is 25.1. The van der Waals surface area contributed by atoms with Gasteiger partial charge in [-0.3, -0.25) is 9.78 Å². The van der Waals surface area contributed by atoms with Crippen LogP contribution in [0.2, 0.25) is 0 Å². The van der Waals surface area contributed by atoms with Gasteiger partial charge in [0.1, 0.15) is 27.4 Å². The van der Waals surface area contributed by atoms with Crippen LogP contribution in [0.1, 0.15) is 35.2 Å². The number of likely N-dealkylation sites (tertiary alicyclic amines) is 1. The Bertz CT molecular complexity index is 1600. The van der Waals surface area contributed by atoms with Crippen LogP contribution in [0.4, 0.5) is 4.39 Å². The summed E-state index contributed by atoms with van der Waals surface area (Å²) in [4.78, 5) is 16.9. The molecule has 1 N–H and O–H groups in total. The summed E-state index contributed by atoms with van der Waals surface area (Å²) >= 11 is 0. The van der Waals surface area contributed by atoms with Crippen molar-refractivity contribution in [2.24, 2.45) is 0 Å². The van der Waals surface area contributed by atoms with E-state index in [9.17, 15) is 22.2 Å². The average molecular weight is 606 g/mol. The highest BCUT2D eigenvalue weighted by Crippen LogP contribution is 2.25. The Morgan fingerprint density at radius 1 is 0.930 bits per heavy atom. The highest BCUT2D eigenvalue weighted by atomic mass is 32.2. The van der Waals surface area contributed by atoms with Gasteiger partial charge in [-0.25, -0.2) is 12.8 Å². The van der Waals surface area contributed by atoms with Gasteiger partial charge < -0.3 is 19.1 Å². The first-order valence-electron chi connectivity index (χ1n) is 14.2. The van der Waals surface area contributed by atoms with E-state index >= 15 is 0 Å². The van der Waals surface area contributed by atoms with E-state index in [0.29, 0.717) is 23.6 Å². The molecule has 2 heterocycles. The number of piperidine rings is 1. The van der Waals surface area contributed by atoms with Crippen molar-refractivity contribution in [3.05, 3.63) is 108 Å². The Balaban J connectivity index is 0.000000324. The van der Waals surface area contributed by atoms with E-state index in [1.165, 1.54) is 56.6 Å². The third-order valence-corrected chi connectivity index (χ3v) is 8.21. The molecule has 1 amide bonds. The fourth-order valence-corrected chi connectivity index (χ4v) is 5.28. The standard InChI is InChI=1S/C26H28FN3O2.C7H8O3S/c1-30(16-3-2-4-17-30)18-15-29-26(31)21-13-14-28-25(19-21)20-5-9-23(10-6-20)32-24-11-7-22(27)8-12-24;1-6-2-4-7(5-3-6)11(8,9)10/h5-14,19H,2-4,15-18H2,1H3;2-5H,1H3,(H,8,9,10). The summed E-state index contributed by atoms with van der Waals surface area (Å²) in [5, 5.41) is 3.06. The van der Waals surface area contributed by atoms with Crippen LogP contribution >= 0.6 is 0 Å². The van der Waals surface area contributed by atoms with Crippen LogP contribution in [0.5, 0.6) is 11.5 Å². The molecule has 5 rings (SSSR count). The fraction of sp³-hybridized carbons (Fsp3) is 0.273. The van der Waals surface area contributed by atoms with E-state index in [0.717, 1.165) is 27.8 Å². The van der Waals surface area contributed by atoms with Crippen LogP contribution in [0, 0.1) is 12.7 Å². The molecule has 0 aliphatic carbocycles. The number of halogens is 1. The Labute approximate surface area is 252 Å². The van der Waals surface area contributed by atoms with E-state index in [2.05, 4.69) is 17.3 Å². The summed E-state index contributed by atoms with van der Waals surface area (Å²) in [5.74, 6) is 0.832. The quantitative estimate of drug-likeness (QED) is 0.197. The van der Waals surface area contributed by atoms with Crippen LogP contribution in [-0.2, 0) is 10.1 Å². The Kier molecular flexibility index (Phi) is 10.6. The normalized spacial score (nSPS) is 14.2. The maximum atomic E-state index is 13.0. The van der Waals surface area contributed by atoms with Gasteiger partial charge in [-0.05, 0) is 99.0 Å². The number of hydrogen-bond acceptors (Lipinski definition) is 6. The molecule has 8 nitrogen and oxygen atoms in total. The van der Waals surface area contributed by atoms with Gasteiger partial charge in [-0.2, -0.15) is 0 Å². The molecule has 0 unspecified atom stereocenters. The predicted octanol–water partition coefficient (Wildman–Crippen LogP) is 5.94. The van der Waals surface area contributed by atoms with Gasteiger partial charge in [-0.15, -0.1) is 0 Å². The number of quaternary nitrogens is 1. The van der Waals surface area contributed by atoms with E-state index in [4.69, 9.17) is 4.74 Å². The summed E-state index contributed by atoms with van der Waals surface area (Å²) in [6, 6.07) is 22.7. The monoisotopic (exact) mass is 605 g/mol. The van der Waals surface area contributed by atoms with Crippen molar-refractivity contribution in [2.75, 3.05) is 33.2 Å². The van der Waals surface area contributed by atoms with Crippen LogP contribution in [0.3, 0.4) is 0 Å². The Morgan fingerprint density at radius 2 is 1.53 bits per heavy atom. The summed E-state index contributed by atoms with van der Waals surface area (Å²) in [6.07, 6.45) is 5.52. The van der Waals surface area contributed by atoms with Gasteiger partial charge in [0.25, 0.3) is 5.91 Å². The van der Waals surface area contributed by atoms with E-state index in [1.807, 2.05) is 37.3 Å². The van der Waals surface area contributed by atoms with Gasteiger partial charge in [0.2, 0.25) is 0 Å². The molecule has 10 heteroatoms. The number of hydrogen-bond donors (Lipinski definition) is 1. The molecule has 0 saturated carbocycles. The molecule has 3 aromatic carbocycles. The highest BCUT2D eigenvalue weighted by Gasteiger charge is 2.24. The lowest BCUT2D eigenvalue weighted by Crippen LogP contribution is -2.51. The van der Waals surface area contributed by atoms with Crippen LogP contribution in [0.25, 0.3) is 11.3 Å². The molecule has 0 bridgehead atoms. The Morgan fingerprint density at radius 3 is 2.14 bits per heavy atom. The van der Waals surface area contributed by atoms with Gasteiger partial charge in [0.05, 0.1) is 43.8 Å². The predicted molar refractivity (Wildman–Crippen MR) is 162 cm³/mol. The average Bonchev–Trinajstić information content (AvgIpc) is 2.99. The lowest BCUT2D eigenvalue weighted by Gasteiger charge is -2.37. The fourth-order valence-electron chi connectivity index (χ4n) is 4.81. The van der Waals surface area contributed by atoms with Gasteiger partial charge in [-0.1, -0.05) is 17.7 Å². The molecule has 1 aromatic heterocycles. The summed E-state index contributed by atoms with van der Waals surface area (Å²) < 4.78 is 51.0. The summed E-state index contributed by atoms with van der Waals surface area (Å²) in [7, 11) is -1.99. The number of benzene rings is 3. The maximum absolute atomic E-state index is 13.0. The van der Waals surface area contributed by atoms with Crippen molar-refractivity contribution < 1.29 is 31.4 Å². The van der Waals surface area contributed by atoms with Gasteiger partial charge in [0.15, 0.2) is 0 Å². The maximum Gasteiger partial charge on any atom is 0.251 e. The zero-order valence-electron chi connectivity index (χ0n) is 24.3. The van der Waals surface area contributed by atoms with Crippen LogP contribution < -0.4 is 10.1 Å². The second-order valence-electron chi connectivity index (χ2n) is 10.9. The number of aromatic nitrogens is 1. The van der Waals surface area contributed by atoms with Gasteiger partial charge in [0, 0.05) is 17.3 Å². The SMILES string of the molecule is C[N+]1(CCNC(=O)c2ccnc(-c3ccc(Oc4ccc(F)cc4)cc3)c2)CCCCC1.Cc1ccc(S(=O)(=O)[O-])cc1. The van der Waals surface area contributed by atoms with Crippen LogP contribution in [-0.4, -0.2) is 61.6 Å². The van der Waals surface area contributed by atoms with E-state index in [1.54, 1.807) is 36.5 Å². The number of amides is 1. The first-order chi connectivity index (χ1) is 20.5. The topological polar surface area (TPSA) is 108 Å². The van der Waals surface area contributed by atoms with Crippen molar-refractivity contribution in [1.82, 2.24) is 10.3 Å². The van der Waals surface area contributed by atoms with Gasteiger partial charge >= 0.3 is 0 Å². The minimum atomic E-state index is -4.27. The first-order valence-corrected chi connectivity index (χ1v) is 15.6. The minimum Gasteiger partial charge on any atom is -0.744 e.